The first-order valence-corrected chi connectivity index (χ1v) is 7.42. The summed E-state index contributed by atoms with van der Waals surface area (Å²) >= 11 is 0. The van der Waals surface area contributed by atoms with E-state index in [2.05, 4.69) is 5.32 Å². The van der Waals surface area contributed by atoms with E-state index in [0.717, 1.165) is 29.9 Å². The Bertz CT molecular complexity index is 805. The van der Waals surface area contributed by atoms with Crippen LogP contribution in [0.5, 0.6) is 11.5 Å². The first-order valence-electron chi connectivity index (χ1n) is 7.42. The van der Waals surface area contributed by atoms with Gasteiger partial charge in [0, 0.05) is 23.6 Å². The molecule has 1 saturated carbocycles. The topological polar surface area (TPSA) is 102 Å². The van der Waals surface area contributed by atoms with Crippen LogP contribution < -0.4 is 10.1 Å². The molecule has 0 bridgehead atoms. The Morgan fingerprint density at radius 1 is 1.33 bits per heavy atom. The number of carbonyl (C=O) groups excluding carboxylic acids is 1. The maximum absolute atomic E-state index is 12.2. The zero-order valence-electron chi connectivity index (χ0n) is 12.9. The number of aromatic hydroxyl groups is 1. The number of carbonyl (C=O) groups is 1. The van der Waals surface area contributed by atoms with Gasteiger partial charge in [-0.2, -0.15) is 0 Å². The Balaban J connectivity index is 1.69. The fraction of sp³-hybridized carbons (Fsp3) is 0.235. The van der Waals surface area contributed by atoms with Gasteiger partial charge in [-0.1, -0.05) is 18.2 Å². The number of hydrogen-bond donors (Lipinski definition) is 2. The molecule has 0 unspecified atom stereocenters. The fourth-order valence-corrected chi connectivity index (χ4v) is 2.74. The third kappa shape index (κ3) is 3.01. The standard InChI is InChI=1S/C17H16N2O5/c1-24-16-5-3-2-4-11(16)12-9-13(12)18-17(21)10-6-7-14(19(22)23)15(20)8-10/h2-8,12-13,20H,9H2,1H3,(H,18,21)/t12-,13+/m1/s1. The highest BCUT2D eigenvalue weighted by Gasteiger charge is 2.41. The number of methoxy groups -OCH3 is 1. The van der Waals surface area contributed by atoms with Crippen molar-refractivity contribution in [2.45, 2.75) is 18.4 Å². The lowest BCUT2D eigenvalue weighted by Gasteiger charge is -2.09. The van der Waals surface area contributed by atoms with E-state index in [0.29, 0.717) is 0 Å². The van der Waals surface area contributed by atoms with Crippen LogP contribution >= 0.6 is 0 Å². The van der Waals surface area contributed by atoms with E-state index in [4.69, 9.17) is 4.74 Å². The lowest BCUT2D eigenvalue weighted by molar-refractivity contribution is -0.385. The molecule has 2 aromatic carbocycles. The lowest BCUT2D eigenvalue weighted by Crippen LogP contribution is -2.26. The summed E-state index contributed by atoms with van der Waals surface area (Å²) in [5.74, 6) is 0.0660. The number of ether oxygens (including phenoxy) is 1. The monoisotopic (exact) mass is 328 g/mol. The van der Waals surface area contributed by atoms with E-state index in [-0.39, 0.29) is 23.4 Å². The van der Waals surface area contributed by atoms with E-state index >= 15 is 0 Å². The number of phenols is 1. The first-order chi connectivity index (χ1) is 11.5. The number of hydrogen-bond acceptors (Lipinski definition) is 5. The predicted octanol–water partition coefficient (Wildman–Crippen LogP) is 2.59. The molecule has 0 aromatic heterocycles. The van der Waals surface area contributed by atoms with Gasteiger partial charge < -0.3 is 15.2 Å². The quantitative estimate of drug-likeness (QED) is 0.649. The van der Waals surface area contributed by atoms with Crippen LogP contribution in [0, 0.1) is 10.1 Å². The van der Waals surface area contributed by atoms with Crippen molar-refractivity contribution >= 4 is 11.6 Å². The van der Waals surface area contributed by atoms with Gasteiger partial charge in [0.05, 0.1) is 12.0 Å². The van der Waals surface area contributed by atoms with E-state index in [1.54, 1.807) is 7.11 Å². The highest BCUT2D eigenvalue weighted by Crippen LogP contribution is 2.44. The molecule has 3 rings (SSSR count). The van der Waals surface area contributed by atoms with Crippen LogP contribution in [0.3, 0.4) is 0 Å². The molecule has 0 radical (unpaired) electrons. The molecule has 2 atom stereocenters. The maximum atomic E-state index is 12.2. The first kappa shape index (κ1) is 15.8. The minimum atomic E-state index is -0.699. The second-order valence-electron chi connectivity index (χ2n) is 5.62. The third-order valence-electron chi connectivity index (χ3n) is 4.08. The number of nitro benzene ring substituents is 1. The van der Waals surface area contributed by atoms with Crippen LogP contribution in [0.15, 0.2) is 42.5 Å². The van der Waals surface area contributed by atoms with Crippen molar-refractivity contribution in [1.82, 2.24) is 5.32 Å². The number of rotatable bonds is 5. The van der Waals surface area contributed by atoms with Crippen molar-refractivity contribution in [1.29, 1.82) is 0 Å². The highest BCUT2D eigenvalue weighted by molar-refractivity contribution is 5.95. The molecule has 2 N–H and O–H groups in total. The van der Waals surface area contributed by atoms with Gasteiger partial charge in [0.25, 0.3) is 5.91 Å². The van der Waals surface area contributed by atoms with Crippen molar-refractivity contribution in [2.24, 2.45) is 0 Å². The molecule has 1 amide bonds. The minimum Gasteiger partial charge on any atom is -0.502 e. The van der Waals surface area contributed by atoms with Gasteiger partial charge in [0.2, 0.25) is 0 Å². The number of nitro groups is 1. The summed E-state index contributed by atoms with van der Waals surface area (Å²) in [5, 5.41) is 23.2. The van der Waals surface area contributed by atoms with Gasteiger partial charge in [-0.3, -0.25) is 14.9 Å². The van der Waals surface area contributed by atoms with E-state index in [1.807, 2.05) is 24.3 Å². The van der Waals surface area contributed by atoms with Crippen LogP contribution in [0.25, 0.3) is 0 Å². The maximum Gasteiger partial charge on any atom is 0.310 e. The van der Waals surface area contributed by atoms with E-state index in [1.165, 1.54) is 6.07 Å². The summed E-state index contributed by atoms with van der Waals surface area (Å²) < 4.78 is 5.33. The number of nitrogens with one attached hydrogen (secondary N) is 1. The van der Waals surface area contributed by atoms with Crippen LogP contribution in [0.2, 0.25) is 0 Å². The lowest BCUT2D eigenvalue weighted by atomic mass is 10.1. The van der Waals surface area contributed by atoms with Crippen LogP contribution in [0.1, 0.15) is 28.3 Å². The second kappa shape index (κ2) is 6.19. The molecule has 0 heterocycles. The molecular weight excluding hydrogens is 312 g/mol. The van der Waals surface area contributed by atoms with Gasteiger partial charge in [0.1, 0.15) is 5.75 Å². The van der Waals surface area contributed by atoms with Gasteiger partial charge in [-0.25, -0.2) is 0 Å². The highest BCUT2D eigenvalue weighted by atomic mass is 16.6. The summed E-state index contributed by atoms with van der Waals surface area (Å²) in [6, 6.07) is 11.2. The Morgan fingerprint density at radius 2 is 2.08 bits per heavy atom. The summed E-state index contributed by atoms with van der Waals surface area (Å²) in [5.41, 5.74) is 0.797. The SMILES string of the molecule is COc1ccccc1[C@H]1C[C@@H]1NC(=O)c1ccc([N+](=O)[O-])c(O)c1. The van der Waals surface area contributed by atoms with Crippen molar-refractivity contribution in [2.75, 3.05) is 7.11 Å². The molecular formula is C17H16N2O5. The van der Waals surface area contributed by atoms with Crippen molar-refractivity contribution in [3.63, 3.8) is 0 Å². The van der Waals surface area contributed by atoms with Crippen LogP contribution in [-0.4, -0.2) is 29.1 Å². The molecule has 24 heavy (non-hydrogen) atoms. The Kier molecular flexibility index (Phi) is 4.07. The zero-order chi connectivity index (χ0) is 17.3. The van der Waals surface area contributed by atoms with Crippen molar-refractivity contribution in [3.8, 4) is 11.5 Å². The zero-order valence-corrected chi connectivity index (χ0v) is 12.9. The number of benzene rings is 2. The van der Waals surface area contributed by atoms with E-state index < -0.39 is 16.4 Å². The number of nitrogens with zero attached hydrogens (tertiary/aromatic N) is 1. The summed E-state index contributed by atoms with van der Waals surface area (Å²) in [6.45, 7) is 0. The molecule has 1 fully saturated rings. The molecule has 0 aliphatic heterocycles. The molecule has 7 nitrogen and oxygen atoms in total. The van der Waals surface area contributed by atoms with Gasteiger partial charge in [0.15, 0.2) is 5.75 Å². The van der Waals surface area contributed by atoms with Crippen molar-refractivity contribution < 1.29 is 19.6 Å². The minimum absolute atomic E-state index is 0.0221. The summed E-state index contributed by atoms with van der Waals surface area (Å²) in [7, 11) is 1.61. The molecule has 2 aromatic rings. The Hall–Kier alpha value is -3.09. The second-order valence-corrected chi connectivity index (χ2v) is 5.62. The average Bonchev–Trinajstić information content (AvgIpc) is 3.33. The third-order valence-corrected chi connectivity index (χ3v) is 4.08. The summed E-state index contributed by atoms with van der Waals surface area (Å²) in [4.78, 5) is 22.2. The smallest absolute Gasteiger partial charge is 0.310 e. The number of phenolic OH excluding ortho intramolecular Hbond substituents is 1. The van der Waals surface area contributed by atoms with Crippen LogP contribution in [0.4, 0.5) is 5.69 Å². The van der Waals surface area contributed by atoms with Crippen molar-refractivity contribution in [3.05, 3.63) is 63.7 Å². The van der Waals surface area contributed by atoms with Gasteiger partial charge in [-0.15, -0.1) is 0 Å². The predicted molar refractivity (Wildman–Crippen MR) is 86.4 cm³/mol. The average molecular weight is 328 g/mol. The summed E-state index contributed by atoms with van der Waals surface area (Å²) in [6.07, 6.45) is 0.797. The molecule has 0 spiro atoms. The Labute approximate surface area is 138 Å². The van der Waals surface area contributed by atoms with E-state index in [9.17, 15) is 20.0 Å². The number of amides is 1. The van der Waals surface area contributed by atoms with Crippen LogP contribution in [-0.2, 0) is 0 Å². The Morgan fingerprint density at radius 3 is 2.75 bits per heavy atom. The largest absolute Gasteiger partial charge is 0.502 e. The fourth-order valence-electron chi connectivity index (χ4n) is 2.74. The van der Waals surface area contributed by atoms with Gasteiger partial charge in [-0.05, 0) is 30.2 Å². The molecule has 0 saturated heterocycles. The molecule has 1 aliphatic rings. The number of para-hydroxylation sites is 1. The molecule has 1 aliphatic carbocycles. The molecule has 7 heteroatoms. The van der Waals surface area contributed by atoms with Gasteiger partial charge >= 0.3 is 5.69 Å². The normalized spacial score (nSPS) is 18.7. The molecule has 124 valence electrons.